The maximum absolute atomic E-state index is 13.0. The molecule has 1 aliphatic heterocycles. The Hall–Kier alpha value is -2.40. The van der Waals surface area contributed by atoms with Gasteiger partial charge < -0.3 is 10.2 Å². The highest BCUT2D eigenvalue weighted by Crippen LogP contribution is 2.22. The van der Waals surface area contributed by atoms with Crippen LogP contribution in [0.25, 0.3) is 0 Å². The number of hydrogen-bond acceptors (Lipinski definition) is 2. The summed E-state index contributed by atoms with van der Waals surface area (Å²) in [5.74, 6) is -0.948. The van der Waals surface area contributed by atoms with Crippen molar-refractivity contribution >= 4 is 29.1 Å². The molecular weight excluding hydrogens is 319 g/mol. The van der Waals surface area contributed by atoms with Crippen LogP contribution in [0.2, 0.25) is 5.02 Å². The molecule has 118 valence electrons. The molecule has 0 spiro atoms. The molecule has 2 aromatic rings. The quantitative estimate of drug-likeness (QED) is 0.939. The van der Waals surface area contributed by atoms with Crippen LogP contribution in [0.15, 0.2) is 48.5 Å². The van der Waals surface area contributed by atoms with Crippen molar-refractivity contribution in [3.05, 3.63) is 64.9 Å². The van der Waals surface area contributed by atoms with E-state index in [0.29, 0.717) is 29.2 Å². The summed E-state index contributed by atoms with van der Waals surface area (Å²) in [5.41, 5.74) is 0.952. The standard InChI is InChI=1S/C17H14ClFN2O2/c18-14-4-2-1-3-13(14)16(22)20-15-9-10-21(17(15)23)12-7-5-11(19)6-8-12/h1-8,15H,9-10H2,(H,20,22)/t15-/m0/s1. The van der Waals surface area contributed by atoms with Gasteiger partial charge in [-0.25, -0.2) is 4.39 Å². The first-order valence-electron chi connectivity index (χ1n) is 7.18. The maximum atomic E-state index is 13.0. The van der Waals surface area contributed by atoms with Gasteiger partial charge >= 0.3 is 0 Å². The fraction of sp³-hybridized carbons (Fsp3) is 0.176. The van der Waals surface area contributed by atoms with Gasteiger partial charge in [0, 0.05) is 12.2 Å². The van der Waals surface area contributed by atoms with E-state index in [-0.39, 0.29) is 17.6 Å². The van der Waals surface area contributed by atoms with Crippen molar-refractivity contribution in [1.29, 1.82) is 0 Å². The first kappa shape index (κ1) is 15.5. The molecule has 1 aliphatic rings. The van der Waals surface area contributed by atoms with Gasteiger partial charge in [0.1, 0.15) is 11.9 Å². The van der Waals surface area contributed by atoms with E-state index in [9.17, 15) is 14.0 Å². The number of amides is 2. The Labute approximate surface area is 137 Å². The van der Waals surface area contributed by atoms with Gasteiger partial charge in [0.25, 0.3) is 5.91 Å². The lowest BCUT2D eigenvalue weighted by atomic mass is 10.2. The van der Waals surface area contributed by atoms with Crippen molar-refractivity contribution in [2.75, 3.05) is 11.4 Å². The van der Waals surface area contributed by atoms with Crippen LogP contribution < -0.4 is 10.2 Å². The average Bonchev–Trinajstić information content (AvgIpc) is 2.89. The molecule has 1 heterocycles. The molecule has 0 aromatic heterocycles. The molecule has 4 nitrogen and oxygen atoms in total. The van der Waals surface area contributed by atoms with E-state index < -0.39 is 6.04 Å². The molecule has 0 aliphatic carbocycles. The Morgan fingerprint density at radius 1 is 1.17 bits per heavy atom. The molecule has 1 N–H and O–H groups in total. The first-order valence-corrected chi connectivity index (χ1v) is 7.56. The van der Waals surface area contributed by atoms with E-state index >= 15 is 0 Å². The lowest BCUT2D eigenvalue weighted by Crippen LogP contribution is -2.41. The van der Waals surface area contributed by atoms with Gasteiger partial charge in [-0.3, -0.25) is 9.59 Å². The minimum absolute atomic E-state index is 0.211. The topological polar surface area (TPSA) is 49.4 Å². The predicted molar refractivity (Wildman–Crippen MR) is 86.1 cm³/mol. The smallest absolute Gasteiger partial charge is 0.253 e. The minimum atomic E-state index is -0.608. The van der Waals surface area contributed by atoms with Crippen molar-refractivity contribution in [2.24, 2.45) is 0 Å². The molecule has 0 bridgehead atoms. The number of benzene rings is 2. The van der Waals surface area contributed by atoms with Crippen LogP contribution in [0, 0.1) is 5.82 Å². The fourth-order valence-corrected chi connectivity index (χ4v) is 2.79. The first-order chi connectivity index (χ1) is 11.1. The molecule has 2 aromatic carbocycles. The van der Waals surface area contributed by atoms with Crippen LogP contribution in [0.4, 0.5) is 10.1 Å². The fourth-order valence-electron chi connectivity index (χ4n) is 2.57. The van der Waals surface area contributed by atoms with E-state index in [4.69, 9.17) is 11.6 Å². The Bertz CT molecular complexity index is 749. The second-order valence-corrected chi connectivity index (χ2v) is 5.67. The summed E-state index contributed by atoms with van der Waals surface area (Å²) >= 11 is 5.99. The van der Waals surface area contributed by atoms with Crippen LogP contribution in [0.5, 0.6) is 0 Å². The Kier molecular flexibility index (Phi) is 4.30. The van der Waals surface area contributed by atoms with Gasteiger partial charge in [0.2, 0.25) is 5.91 Å². The number of carbonyl (C=O) groups excluding carboxylic acids is 2. The third-order valence-electron chi connectivity index (χ3n) is 3.77. The maximum Gasteiger partial charge on any atom is 0.253 e. The van der Waals surface area contributed by atoms with Gasteiger partial charge in [0.05, 0.1) is 10.6 Å². The van der Waals surface area contributed by atoms with Crippen LogP contribution in [0.3, 0.4) is 0 Å². The number of nitrogens with one attached hydrogen (secondary N) is 1. The van der Waals surface area contributed by atoms with Crippen molar-refractivity contribution in [3.63, 3.8) is 0 Å². The summed E-state index contributed by atoms with van der Waals surface area (Å²) < 4.78 is 13.0. The molecular formula is C17H14ClFN2O2. The Morgan fingerprint density at radius 3 is 2.57 bits per heavy atom. The SMILES string of the molecule is O=C(N[C@H]1CCN(c2ccc(F)cc2)C1=O)c1ccccc1Cl. The number of hydrogen-bond donors (Lipinski definition) is 1. The monoisotopic (exact) mass is 332 g/mol. The Balaban J connectivity index is 1.71. The molecule has 1 fully saturated rings. The lowest BCUT2D eigenvalue weighted by molar-refractivity contribution is -0.118. The van der Waals surface area contributed by atoms with Gasteiger partial charge in [-0.1, -0.05) is 23.7 Å². The van der Waals surface area contributed by atoms with E-state index in [0.717, 1.165) is 0 Å². The molecule has 0 saturated carbocycles. The third kappa shape index (κ3) is 3.19. The molecule has 0 unspecified atom stereocenters. The molecule has 3 rings (SSSR count). The van der Waals surface area contributed by atoms with Gasteiger partial charge in [-0.2, -0.15) is 0 Å². The summed E-state index contributed by atoms with van der Waals surface area (Å²) in [6, 6.07) is 11.8. The Morgan fingerprint density at radius 2 is 1.87 bits per heavy atom. The van der Waals surface area contributed by atoms with Crippen LogP contribution >= 0.6 is 11.6 Å². The normalized spacial score (nSPS) is 17.4. The third-order valence-corrected chi connectivity index (χ3v) is 4.10. The zero-order valence-corrected chi connectivity index (χ0v) is 12.9. The predicted octanol–water partition coefficient (Wildman–Crippen LogP) is 3.01. The highest BCUT2D eigenvalue weighted by molar-refractivity contribution is 6.33. The summed E-state index contributed by atoms with van der Waals surface area (Å²) in [6.45, 7) is 0.470. The average molecular weight is 333 g/mol. The molecule has 2 amide bonds. The molecule has 6 heteroatoms. The lowest BCUT2D eigenvalue weighted by Gasteiger charge is -2.17. The van der Waals surface area contributed by atoms with E-state index in [2.05, 4.69) is 5.32 Å². The van der Waals surface area contributed by atoms with Gasteiger partial charge in [-0.05, 0) is 42.8 Å². The number of rotatable bonds is 3. The van der Waals surface area contributed by atoms with E-state index in [1.54, 1.807) is 36.4 Å². The number of carbonyl (C=O) groups is 2. The summed E-state index contributed by atoms with van der Waals surface area (Å²) in [5, 5.41) is 3.05. The summed E-state index contributed by atoms with van der Waals surface area (Å²) in [4.78, 5) is 26.2. The van der Waals surface area contributed by atoms with Crippen molar-refractivity contribution in [2.45, 2.75) is 12.5 Å². The van der Waals surface area contributed by atoms with Gasteiger partial charge in [0.15, 0.2) is 0 Å². The molecule has 1 atom stereocenters. The summed E-state index contributed by atoms with van der Waals surface area (Å²) in [6.07, 6.45) is 0.492. The number of halogens is 2. The van der Waals surface area contributed by atoms with Crippen LogP contribution in [0.1, 0.15) is 16.8 Å². The van der Waals surface area contributed by atoms with E-state index in [1.807, 2.05) is 0 Å². The molecule has 0 radical (unpaired) electrons. The second-order valence-electron chi connectivity index (χ2n) is 5.26. The van der Waals surface area contributed by atoms with E-state index in [1.165, 1.54) is 17.0 Å². The molecule has 23 heavy (non-hydrogen) atoms. The van der Waals surface area contributed by atoms with Crippen LogP contribution in [-0.2, 0) is 4.79 Å². The zero-order chi connectivity index (χ0) is 16.4. The number of nitrogens with zero attached hydrogens (tertiary/aromatic N) is 1. The largest absolute Gasteiger partial charge is 0.340 e. The van der Waals surface area contributed by atoms with Crippen molar-refractivity contribution in [1.82, 2.24) is 5.32 Å². The summed E-state index contributed by atoms with van der Waals surface area (Å²) in [7, 11) is 0. The second kappa shape index (κ2) is 6.38. The minimum Gasteiger partial charge on any atom is -0.340 e. The zero-order valence-electron chi connectivity index (χ0n) is 12.1. The van der Waals surface area contributed by atoms with Crippen LogP contribution in [-0.4, -0.2) is 24.4 Å². The highest BCUT2D eigenvalue weighted by atomic mass is 35.5. The molecule has 1 saturated heterocycles. The van der Waals surface area contributed by atoms with Crippen molar-refractivity contribution in [3.8, 4) is 0 Å². The highest BCUT2D eigenvalue weighted by Gasteiger charge is 2.33. The van der Waals surface area contributed by atoms with Gasteiger partial charge in [-0.15, -0.1) is 0 Å². The van der Waals surface area contributed by atoms with Crippen molar-refractivity contribution < 1.29 is 14.0 Å². The number of anilines is 1.